The lowest BCUT2D eigenvalue weighted by Crippen LogP contribution is -2.33. The minimum absolute atomic E-state index is 0.194. The van der Waals surface area contributed by atoms with E-state index in [-0.39, 0.29) is 12.1 Å². The molecule has 0 bridgehead atoms. The van der Waals surface area contributed by atoms with Crippen molar-refractivity contribution in [2.45, 2.75) is 39.5 Å². The summed E-state index contributed by atoms with van der Waals surface area (Å²) in [6, 6.07) is 10.9. The summed E-state index contributed by atoms with van der Waals surface area (Å²) < 4.78 is 7.52. The minimum atomic E-state index is -0.278. The predicted molar refractivity (Wildman–Crippen MR) is 106 cm³/mol. The molecule has 0 saturated carbocycles. The quantitative estimate of drug-likeness (QED) is 0.609. The summed E-state index contributed by atoms with van der Waals surface area (Å²) in [4.78, 5) is 17.8. The fraction of sp³-hybridized carbons (Fsp3) is 0.316. The number of amides is 2. The molecule has 0 aliphatic heterocycles. The molecular weight excluding hydrogens is 362 g/mol. The van der Waals surface area contributed by atoms with Gasteiger partial charge in [-0.3, -0.25) is 0 Å². The van der Waals surface area contributed by atoms with E-state index in [4.69, 9.17) is 4.74 Å². The summed E-state index contributed by atoms with van der Waals surface area (Å²) in [5.41, 5.74) is 0.697. The number of aromatic nitrogens is 3. The van der Waals surface area contributed by atoms with Crippen molar-refractivity contribution in [1.82, 2.24) is 20.1 Å². The second-order valence-electron chi connectivity index (χ2n) is 5.89. The zero-order valence-electron chi connectivity index (χ0n) is 15.4. The van der Waals surface area contributed by atoms with Crippen LogP contribution in [-0.2, 0) is 13.2 Å². The molecule has 2 heterocycles. The van der Waals surface area contributed by atoms with Crippen molar-refractivity contribution < 1.29 is 9.53 Å². The average Bonchev–Trinajstić information content (AvgIpc) is 3.37. The Morgan fingerprint density at radius 1 is 1.26 bits per heavy atom. The van der Waals surface area contributed by atoms with Crippen LogP contribution < -0.4 is 15.4 Å². The lowest BCUT2D eigenvalue weighted by molar-refractivity contribution is 0.247. The van der Waals surface area contributed by atoms with E-state index in [9.17, 15) is 4.79 Å². The Hall–Kier alpha value is -2.87. The van der Waals surface area contributed by atoms with E-state index >= 15 is 0 Å². The van der Waals surface area contributed by atoms with E-state index in [1.807, 2.05) is 55.6 Å². The van der Waals surface area contributed by atoms with Crippen LogP contribution in [0.4, 0.5) is 10.5 Å². The third-order valence-corrected chi connectivity index (χ3v) is 4.89. The maximum absolute atomic E-state index is 12.3. The molecule has 27 heavy (non-hydrogen) atoms. The third-order valence-electron chi connectivity index (χ3n) is 4.04. The maximum atomic E-state index is 12.3. The smallest absolute Gasteiger partial charge is 0.319 e. The van der Waals surface area contributed by atoms with E-state index < -0.39 is 0 Å². The van der Waals surface area contributed by atoms with Gasteiger partial charge in [0.2, 0.25) is 0 Å². The zero-order chi connectivity index (χ0) is 19.1. The number of rotatable bonds is 8. The molecular formula is C19H23N5O2S. The van der Waals surface area contributed by atoms with Crippen molar-refractivity contribution in [2.24, 2.45) is 0 Å². The first-order chi connectivity index (χ1) is 13.2. The first kappa shape index (κ1) is 18.9. The second kappa shape index (κ2) is 9.18. The first-order valence-electron chi connectivity index (χ1n) is 8.90. The van der Waals surface area contributed by atoms with Crippen LogP contribution in [0.25, 0.3) is 0 Å². The molecule has 0 radical (unpaired) electrons. The monoisotopic (exact) mass is 385 g/mol. The molecule has 1 atom stereocenters. The van der Waals surface area contributed by atoms with Gasteiger partial charge in [0.15, 0.2) is 0 Å². The molecule has 0 unspecified atom stereocenters. The molecule has 3 rings (SSSR count). The molecule has 2 N–H and O–H groups in total. The average molecular weight is 385 g/mol. The van der Waals surface area contributed by atoms with Gasteiger partial charge in [-0.05, 0) is 49.1 Å². The summed E-state index contributed by atoms with van der Waals surface area (Å²) in [6.45, 7) is 5.25. The highest BCUT2D eigenvalue weighted by Crippen LogP contribution is 2.19. The van der Waals surface area contributed by atoms with E-state index in [0.717, 1.165) is 18.0 Å². The number of anilines is 1. The Morgan fingerprint density at radius 2 is 2.07 bits per heavy atom. The highest BCUT2D eigenvalue weighted by molar-refractivity contribution is 7.09. The fourth-order valence-corrected chi connectivity index (χ4v) is 3.26. The number of hydrogen-bond donors (Lipinski definition) is 2. The summed E-state index contributed by atoms with van der Waals surface area (Å²) >= 11 is 1.66. The molecule has 0 spiro atoms. The van der Waals surface area contributed by atoms with Crippen molar-refractivity contribution >= 4 is 23.1 Å². The number of hydrogen-bond acceptors (Lipinski definition) is 5. The van der Waals surface area contributed by atoms with Gasteiger partial charge in [-0.1, -0.05) is 13.0 Å². The molecule has 7 nitrogen and oxygen atoms in total. The van der Waals surface area contributed by atoms with Gasteiger partial charge in [-0.15, -0.1) is 11.3 Å². The molecule has 2 aromatic heterocycles. The van der Waals surface area contributed by atoms with Gasteiger partial charge < -0.3 is 15.4 Å². The summed E-state index contributed by atoms with van der Waals surface area (Å²) in [5.74, 6) is 1.52. The number of aryl methyl sites for hydroxylation is 1. The van der Waals surface area contributed by atoms with E-state index in [1.54, 1.807) is 16.0 Å². The van der Waals surface area contributed by atoms with Gasteiger partial charge in [-0.25, -0.2) is 14.5 Å². The Labute approximate surface area is 162 Å². The van der Waals surface area contributed by atoms with Crippen LogP contribution >= 0.6 is 11.3 Å². The number of thiophene rings is 1. The van der Waals surface area contributed by atoms with Crippen LogP contribution in [0.5, 0.6) is 5.75 Å². The van der Waals surface area contributed by atoms with E-state index in [1.165, 1.54) is 11.2 Å². The SMILES string of the molecule is CC[C@H](NC(=O)Nc1ccc(OCc2cccs2)cc1)c1ncnn1CC. The Balaban J connectivity index is 1.54. The van der Waals surface area contributed by atoms with Crippen molar-refractivity contribution in [3.63, 3.8) is 0 Å². The van der Waals surface area contributed by atoms with Gasteiger partial charge >= 0.3 is 6.03 Å². The number of nitrogens with zero attached hydrogens (tertiary/aromatic N) is 3. The predicted octanol–water partition coefficient (Wildman–Crippen LogP) is 4.21. The van der Waals surface area contributed by atoms with Crippen LogP contribution in [0.2, 0.25) is 0 Å². The van der Waals surface area contributed by atoms with E-state index in [2.05, 4.69) is 20.7 Å². The lowest BCUT2D eigenvalue weighted by atomic mass is 10.2. The van der Waals surface area contributed by atoms with Gasteiger partial charge in [0, 0.05) is 17.1 Å². The van der Waals surface area contributed by atoms with Crippen molar-refractivity contribution in [3.05, 3.63) is 58.8 Å². The van der Waals surface area contributed by atoms with Crippen LogP contribution in [-0.4, -0.2) is 20.8 Å². The van der Waals surface area contributed by atoms with Crippen LogP contribution in [0.1, 0.15) is 37.0 Å². The summed E-state index contributed by atoms with van der Waals surface area (Å²) in [6.07, 6.45) is 2.23. The first-order valence-corrected chi connectivity index (χ1v) is 9.78. The number of nitrogens with one attached hydrogen (secondary N) is 2. The summed E-state index contributed by atoms with van der Waals surface area (Å²) in [5, 5.41) is 12.0. The topological polar surface area (TPSA) is 81.1 Å². The Morgan fingerprint density at radius 3 is 2.74 bits per heavy atom. The Bertz CT molecular complexity index is 845. The van der Waals surface area contributed by atoms with E-state index in [0.29, 0.717) is 18.8 Å². The van der Waals surface area contributed by atoms with Crippen LogP contribution in [0.3, 0.4) is 0 Å². The number of carbonyl (C=O) groups is 1. The third kappa shape index (κ3) is 5.07. The largest absolute Gasteiger partial charge is 0.488 e. The summed E-state index contributed by atoms with van der Waals surface area (Å²) in [7, 11) is 0. The molecule has 0 aliphatic rings. The molecule has 142 valence electrons. The molecule has 8 heteroatoms. The second-order valence-corrected chi connectivity index (χ2v) is 6.92. The molecule has 0 saturated heterocycles. The minimum Gasteiger partial charge on any atom is -0.488 e. The standard InChI is InChI=1S/C19H23N5O2S/c1-3-17(18-20-13-21-24(18)4-2)23-19(25)22-14-7-9-15(10-8-14)26-12-16-6-5-11-27-16/h5-11,13,17H,3-4,12H2,1-2H3,(H2,22,23,25)/t17-/m0/s1. The van der Waals surface area contributed by atoms with Gasteiger partial charge in [-0.2, -0.15) is 5.10 Å². The fourth-order valence-electron chi connectivity index (χ4n) is 2.64. The molecule has 1 aromatic carbocycles. The van der Waals surface area contributed by atoms with Crippen LogP contribution in [0, 0.1) is 0 Å². The van der Waals surface area contributed by atoms with Gasteiger partial charge in [0.05, 0.1) is 6.04 Å². The molecule has 0 fully saturated rings. The highest BCUT2D eigenvalue weighted by atomic mass is 32.1. The highest BCUT2D eigenvalue weighted by Gasteiger charge is 2.18. The normalized spacial score (nSPS) is 11.8. The van der Waals surface area contributed by atoms with Gasteiger partial charge in [0.25, 0.3) is 0 Å². The molecule has 2 amide bonds. The van der Waals surface area contributed by atoms with Crippen molar-refractivity contribution in [2.75, 3.05) is 5.32 Å². The number of ether oxygens (including phenoxy) is 1. The van der Waals surface area contributed by atoms with Crippen LogP contribution in [0.15, 0.2) is 48.1 Å². The number of benzene rings is 1. The Kier molecular flexibility index (Phi) is 6.43. The van der Waals surface area contributed by atoms with Crippen molar-refractivity contribution in [1.29, 1.82) is 0 Å². The molecule has 0 aliphatic carbocycles. The zero-order valence-corrected chi connectivity index (χ0v) is 16.2. The number of urea groups is 1. The molecule has 3 aromatic rings. The lowest BCUT2D eigenvalue weighted by Gasteiger charge is -2.17. The van der Waals surface area contributed by atoms with Crippen molar-refractivity contribution in [3.8, 4) is 5.75 Å². The van der Waals surface area contributed by atoms with Gasteiger partial charge in [0.1, 0.15) is 24.5 Å². The maximum Gasteiger partial charge on any atom is 0.319 e. The number of carbonyl (C=O) groups excluding carboxylic acids is 1.